The molecule has 1 heterocycles. The molecular weight excluding hydrogens is 393 g/mol. The van der Waals surface area contributed by atoms with Gasteiger partial charge < -0.3 is 14.2 Å². The van der Waals surface area contributed by atoms with Crippen molar-refractivity contribution in [3.63, 3.8) is 0 Å². The van der Waals surface area contributed by atoms with Crippen LogP contribution in [0.15, 0.2) is 66.7 Å². The zero-order valence-electron chi connectivity index (χ0n) is 20.2. The van der Waals surface area contributed by atoms with Crippen molar-refractivity contribution in [1.29, 1.82) is 0 Å². The smallest absolute Gasteiger partial charge is 0.399 e. The van der Waals surface area contributed by atoms with Gasteiger partial charge in [-0.3, -0.25) is 0 Å². The van der Waals surface area contributed by atoms with Gasteiger partial charge in [0, 0.05) is 23.8 Å². The van der Waals surface area contributed by atoms with E-state index in [-0.39, 0.29) is 23.7 Å². The Labute approximate surface area is 192 Å². The highest BCUT2D eigenvalue weighted by atomic mass is 16.7. The summed E-state index contributed by atoms with van der Waals surface area (Å²) >= 11 is 0. The number of hydrogen-bond donors (Lipinski definition) is 0. The fourth-order valence-corrected chi connectivity index (χ4v) is 4.88. The van der Waals surface area contributed by atoms with Gasteiger partial charge in [-0.1, -0.05) is 56.3 Å². The molecule has 1 fully saturated rings. The number of rotatable bonds is 3. The van der Waals surface area contributed by atoms with Gasteiger partial charge in [0.2, 0.25) is 0 Å². The van der Waals surface area contributed by atoms with Crippen molar-refractivity contribution in [1.82, 2.24) is 0 Å². The predicted octanol–water partition coefficient (Wildman–Crippen LogP) is 6.06. The number of anilines is 2. The summed E-state index contributed by atoms with van der Waals surface area (Å²) in [7, 11) is 1.79. The largest absolute Gasteiger partial charge is 0.494 e. The molecule has 0 radical (unpaired) electrons. The lowest BCUT2D eigenvalue weighted by molar-refractivity contribution is 0.00578. The van der Waals surface area contributed by atoms with Gasteiger partial charge in [0.1, 0.15) is 0 Å². The van der Waals surface area contributed by atoms with Crippen LogP contribution in [0.4, 0.5) is 11.4 Å². The Morgan fingerprint density at radius 3 is 1.88 bits per heavy atom. The molecule has 0 aromatic heterocycles. The van der Waals surface area contributed by atoms with Crippen molar-refractivity contribution in [3.05, 3.63) is 77.9 Å². The van der Waals surface area contributed by atoms with Crippen molar-refractivity contribution in [2.45, 2.75) is 58.2 Å². The summed E-state index contributed by atoms with van der Waals surface area (Å²) in [5, 5.41) is 0. The Balaban J connectivity index is 1.42. The molecule has 4 heteroatoms. The van der Waals surface area contributed by atoms with Crippen molar-refractivity contribution < 1.29 is 9.31 Å². The lowest BCUT2D eigenvalue weighted by atomic mass is 9.79. The molecule has 1 aliphatic carbocycles. The SMILES string of the molecule is CN(c1ccc(B2OC(C)(C)C(C)(C)O2)cc1)c1ccc2c(c1)C(C)(C)c1ccccc1-2. The predicted molar refractivity (Wildman–Crippen MR) is 134 cm³/mol. The molecule has 0 N–H and O–H groups in total. The van der Waals surface area contributed by atoms with Crippen LogP contribution in [-0.2, 0) is 14.7 Å². The second-order valence-electron chi connectivity index (χ2n) is 10.6. The van der Waals surface area contributed by atoms with Crippen LogP contribution in [-0.4, -0.2) is 25.4 Å². The van der Waals surface area contributed by atoms with Crippen LogP contribution in [0.1, 0.15) is 52.7 Å². The van der Waals surface area contributed by atoms with E-state index >= 15 is 0 Å². The van der Waals surface area contributed by atoms with Crippen LogP contribution in [0.2, 0.25) is 0 Å². The van der Waals surface area contributed by atoms with E-state index in [0.29, 0.717) is 0 Å². The van der Waals surface area contributed by atoms with Crippen LogP contribution < -0.4 is 10.4 Å². The van der Waals surface area contributed by atoms with E-state index in [0.717, 1.165) is 11.2 Å². The quantitative estimate of drug-likeness (QED) is 0.476. The zero-order chi connectivity index (χ0) is 22.9. The molecule has 1 aliphatic heterocycles. The molecule has 164 valence electrons. The molecular formula is C28H32BNO2. The maximum atomic E-state index is 6.20. The van der Waals surface area contributed by atoms with E-state index in [1.54, 1.807) is 0 Å². The van der Waals surface area contributed by atoms with E-state index in [1.807, 2.05) is 0 Å². The van der Waals surface area contributed by atoms with E-state index in [1.165, 1.54) is 27.9 Å². The molecule has 3 nitrogen and oxygen atoms in total. The third-order valence-corrected chi connectivity index (χ3v) is 7.76. The van der Waals surface area contributed by atoms with Gasteiger partial charge in [-0.05, 0) is 79.7 Å². The fourth-order valence-electron chi connectivity index (χ4n) is 4.88. The van der Waals surface area contributed by atoms with Crippen molar-refractivity contribution in [2.75, 3.05) is 11.9 Å². The topological polar surface area (TPSA) is 21.7 Å². The first-order chi connectivity index (χ1) is 15.0. The van der Waals surface area contributed by atoms with Crippen molar-refractivity contribution in [2.24, 2.45) is 0 Å². The lowest BCUT2D eigenvalue weighted by Crippen LogP contribution is -2.41. The van der Waals surface area contributed by atoms with E-state index in [2.05, 4.69) is 120 Å². The molecule has 2 aliphatic rings. The normalized spacial score (nSPS) is 19.5. The van der Waals surface area contributed by atoms with Gasteiger partial charge in [-0.15, -0.1) is 0 Å². The number of benzene rings is 3. The maximum Gasteiger partial charge on any atom is 0.494 e. The Morgan fingerprint density at radius 1 is 0.656 bits per heavy atom. The third kappa shape index (κ3) is 3.12. The lowest BCUT2D eigenvalue weighted by Gasteiger charge is -2.32. The standard InChI is InChI=1S/C28H32BNO2/c1-26(2)24-11-9-8-10-22(24)23-17-16-21(18-25(23)26)30(7)20-14-12-19(13-15-20)29-31-27(3,4)28(5,6)32-29/h8-18H,1-7H3. The fraction of sp³-hybridized carbons (Fsp3) is 0.357. The summed E-state index contributed by atoms with van der Waals surface area (Å²) in [5.74, 6) is 0. The molecule has 0 bridgehead atoms. The van der Waals surface area contributed by atoms with Crippen LogP contribution in [0, 0.1) is 0 Å². The van der Waals surface area contributed by atoms with E-state index < -0.39 is 0 Å². The second-order valence-corrected chi connectivity index (χ2v) is 10.6. The molecule has 0 spiro atoms. The van der Waals surface area contributed by atoms with Crippen molar-refractivity contribution >= 4 is 24.0 Å². The third-order valence-electron chi connectivity index (χ3n) is 7.76. The van der Waals surface area contributed by atoms with E-state index in [4.69, 9.17) is 9.31 Å². The zero-order valence-corrected chi connectivity index (χ0v) is 20.2. The van der Waals surface area contributed by atoms with Gasteiger partial charge in [-0.2, -0.15) is 0 Å². The minimum absolute atomic E-state index is 0.00336. The van der Waals surface area contributed by atoms with Gasteiger partial charge in [-0.25, -0.2) is 0 Å². The summed E-state index contributed by atoms with van der Waals surface area (Å²) in [6.45, 7) is 13.0. The van der Waals surface area contributed by atoms with Crippen LogP contribution >= 0.6 is 0 Å². The Morgan fingerprint density at radius 2 is 1.22 bits per heavy atom. The van der Waals surface area contributed by atoms with Gasteiger partial charge in [0.05, 0.1) is 11.2 Å². The molecule has 5 rings (SSSR count). The summed E-state index contributed by atoms with van der Waals surface area (Å²) in [5.41, 5.74) is 8.21. The Hall–Kier alpha value is -2.56. The molecule has 0 amide bonds. The first-order valence-corrected chi connectivity index (χ1v) is 11.4. The monoisotopic (exact) mass is 425 g/mol. The van der Waals surface area contributed by atoms with Gasteiger partial charge >= 0.3 is 7.12 Å². The molecule has 1 saturated heterocycles. The molecule has 3 aromatic carbocycles. The van der Waals surface area contributed by atoms with Crippen molar-refractivity contribution in [3.8, 4) is 11.1 Å². The summed E-state index contributed by atoms with van der Waals surface area (Å²) in [4.78, 5) is 2.24. The minimum atomic E-state index is -0.335. The van der Waals surface area contributed by atoms with Crippen LogP contribution in [0.25, 0.3) is 11.1 Å². The summed E-state index contributed by atoms with van der Waals surface area (Å²) in [6, 6.07) is 24.1. The summed E-state index contributed by atoms with van der Waals surface area (Å²) < 4.78 is 12.4. The molecule has 0 atom stereocenters. The second kappa shape index (κ2) is 6.97. The maximum absolute atomic E-state index is 6.20. The molecule has 0 saturated carbocycles. The molecule has 3 aromatic rings. The average Bonchev–Trinajstić information content (AvgIpc) is 3.13. The number of fused-ring (bicyclic) bond motifs is 3. The first kappa shape index (κ1) is 21.3. The van der Waals surface area contributed by atoms with Gasteiger partial charge in [0.25, 0.3) is 0 Å². The Bertz CT molecular complexity index is 1160. The van der Waals surface area contributed by atoms with Crippen LogP contribution in [0.5, 0.6) is 0 Å². The minimum Gasteiger partial charge on any atom is -0.399 e. The molecule has 32 heavy (non-hydrogen) atoms. The van der Waals surface area contributed by atoms with Gasteiger partial charge in [0.15, 0.2) is 0 Å². The molecule has 0 unspecified atom stereocenters. The number of hydrogen-bond acceptors (Lipinski definition) is 3. The highest BCUT2D eigenvalue weighted by molar-refractivity contribution is 6.62. The average molecular weight is 425 g/mol. The summed E-state index contributed by atoms with van der Waals surface area (Å²) in [6.07, 6.45) is 0. The Kier molecular flexibility index (Phi) is 4.64. The number of nitrogens with zero attached hydrogens (tertiary/aromatic N) is 1. The van der Waals surface area contributed by atoms with E-state index in [9.17, 15) is 0 Å². The highest BCUT2D eigenvalue weighted by Crippen LogP contribution is 2.49. The first-order valence-electron chi connectivity index (χ1n) is 11.4. The highest BCUT2D eigenvalue weighted by Gasteiger charge is 2.51. The van der Waals surface area contributed by atoms with Crippen LogP contribution in [0.3, 0.4) is 0 Å².